The first kappa shape index (κ1) is 23.8. The number of ether oxygens (including phenoxy) is 2. The summed E-state index contributed by atoms with van der Waals surface area (Å²) >= 11 is 3.36. The molecular formula is C22H26BrNO6. The first-order chi connectivity index (χ1) is 14.2. The van der Waals surface area contributed by atoms with Gasteiger partial charge in [-0.2, -0.15) is 0 Å². The van der Waals surface area contributed by atoms with Gasteiger partial charge in [0.25, 0.3) is 0 Å². The van der Waals surface area contributed by atoms with Crippen LogP contribution in [0.5, 0.6) is 0 Å². The maximum atomic E-state index is 13.1. The average molecular weight is 480 g/mol. The number of esters is 2. The van der Waals surface area contributed by atoms with E-state index in [9.17, 15) is 19.2 Å². The quantitative estimate of drug-likeness (QED) is 0.339. The summed E-state index contributed by atoms with van der Waals surface area (Å²) in [6.07, 6.45) is 2.23. The van der Waals surface area contributed by atoms with Crippen molar-refractivity contribution in [2.24, 2.45) is 11.8 Å². The van der Waals surface area contributed by atoms with E-state index in [0.29, 0.717) is 6.42 Å². The van der Waals surface area contributed by atoms with Gasteiger partial charge in [0, 0.05) is 10.0 Å². The molecule has 1 amide bonds. The summed E-state index contributed by atoms with van der Waals surface area (Å²) in [7, 11) is 1.25. The normalized spacial score (nSPS) is 20.1. The van der Waals surface area contributed by atoms with Crippen LogP contribution in [0.25, 0.3) is 6.08 Å². The molecule has 1 aliphatic rings. The second-order valence-corrected chi connectivity index (χ2v) is 8.01. The van der Waals surface area contributed by atoms with Gasteiger partial charge in [0.15, 0.2) is 11.7 Å². The predicted octanol–water partition coefficient (Wildman–Crippen LogP) is 3.01. The van der Waals surface area contributed by atoms with Crippen LogP contribution in [0, 0.1) is 11.8 Å². The van der Waals surface area contributed by atoms with Gasteiger partial charge in [-0.15, -0.1) is 0 Å². The first-order valence-electron chi connectivity index (χ1n) is 9.80. The molecule has 0 bridgehead atoms. The molecule has 162 valence electrons. The Labute approximate surface area is 184 Å². The molecule has 1 saturated heterocycles. The number of ketones is 1. The highest BCUT2D eigenvalue weighted by Crippen LogP contribution is 2.28. The maximum Gasteiger partial charge on any atom is 0.328 e. The number of halogens is 1. The van der Waals surface area contributed by atoms with Crippen molar-refractivity contribution in [2.45, 2.75) is 33.2 Å². The molecule has 3 unspecified atom stereocenters. The van der Waals surface area contributed by atoms with Crippen LogP contribution in [-0.4, -0.2) is 54.8 Å². The second-order valence-electron chi connectivity index (χ2n) is 7.09. The fourth-order valence-corrected chi connectivity index (χ4v) is 3.62. The molecule has 8 heteroatoms. The van der Waals surface area contributed by atoms with Crippen molar-refractivity contribution in [1.82, 2.24) is 4.90 Å². The van der Waals surface area contributed by atoms with Crippen molar-refractivity contribution in [3.05, 3.63) is 39.9 Å². The van der Waals surface area contributed by atoms with Gasteiger partial charge >= 0.3 is 11.9 Å². The lowest BCUT2D eigenvalue weighted by molar-refractivity contribution is -0.166. The third kappa shape index (κ3) is 5.16. The van der Waals surface area contributed by atoms with Gasteiger partial charge in [0.2, 0.25) is 5.91 Å². The zero-order valence-electron chi connectivity index (χ0n) is 17.5. The van der Waals surface area contributed by atoms with Gasteiger partial charge in [-0.05, 0) is 36.6 Å². The fourth-order valence-electron chi connectivity index (χ4n) is 3.36. The van der Waals surface area contributed by atoms with E-state index in [4.69, 9.17) is 9.47 Å². The number of nitrogens with zero attached hydrogens (tertiary/aromatic N) is 1. The zero-order chi connectivity index (χ0) is 22.4. The van der Waals surface area contributed by atoms with E-state index in [1.807, 2.05) is 26.0 Å². The van der Waals surface area contributed by atoms with Gasteiger partial charge in [-0.1, -0.05) is 48.3 Å². The van der Waals surface area contributed by atoms with Crippen LogP contribution >= 0.6 is 15.9 Å². The Bertz CT molecular complexity index is 848. The topological polar surface area (TPSA) is 90.0 Å². The Morgan fingerprint density at radius 3 is 2.40 bits per heavy atom. The first-order valence-corrected chi connectivity index (χ1v) is 10.6. The van der Waals surface area contributed by atoms with E-state index in [2.05, 4.69) is 15.9 Å². The van der Waals surface area contributed by atoms with Gasteiger partial charge in [-0.25, -0.2) is 4.79 Å². The summed E-state index contributed by atoms with van der Waals surface area (Å²) in [6, 6.07) is 6.34. The van der Waals surface area contributed by atoms with Crippen molar-refractivity contribution in [2.75, 3.05) is 20.3 Å². The van der Waals surface area contributed by atoms with Crippen LogP contribution in [0.4, 0.5) is 0 Å². The summed E-state index contributed by atoms with van der Waals surface area (Å²) < 4.78 is 10.8. The molecule has 2 rings (SSSR count). The van der Waals surface area contributed by atoms with Gasteiger partial charge < -0.3 is 14.4 Å². The third-order valence-corrected chi connectivity index (χ3v) is 5.67. The molecule has 0 aliphatic carbocycles. The lowest BCUT2D eigenvalue weighted by Gasteiger charge is -2.38. The molecule has 0 aromatic heterocycles. The number of rotatable bonds is 7. The van der Waals surface area contributed by atoms with Crippen molar-refractivity contribution >= 4 is 45.6 Å². The van der Waals surface area contributed by atoms with Crippen LogP contribution in [0.2, 0.25) is 0 Å². The van der Waals surface area contributed by atoms with E-state index in [1.165, 1.54) is 12.0 Å². The minimum absolute atomic E-state index is 0.0352. The van der Waals surface area contributed by atoms with Crippen molar-refractivity contribution < 1.29 is 28.7 Å². The van der Waals surface area contributed by atoms with Crippen LogP contribution in [0.15, 0.2) is 34.3 Å². The van der Waals surface area contributed by atoms with Crippen molar-refractivity contribution in [1.29, 1.82) is 0 Å². The van der Waals surface area contributed by atoms with Crippen LogP contribution < -0.4 is 0 Å². The van der Waals surface area contributed by atoms with Crippen LogP contribution in [0.1, 0.15) is 32.8 Å². The number of carbonyl (C=O) groups excluding carboxylic acids is 4. The zero-order valence-corrected chi connectivity index (χ0v) is 19.1. The molecule has 1 aromatic carbocycles. The molecule has 1 aliphatic heterocycles. The van der Waals surface area contributed by atoms with E-state index >= 15 is 0 Å². The Morgan fingerprint density at radius 2 is 1.87 bits per heavy atom. The van der Waals surface area contributed by atoms with E-state index < -0.39 is 35.6 Å². The Kier molecular flexibility index (Phi) is 8.34. The Hall–Kier alpha value is -2.48. The molecule has 3 atom stereocenters. The van der Waals surface area contributed by atoms with E-state index in [0.717, 1.165) is 10.0 Å². The monoisotopic (exact) mass is 479 g/mol. The molecule has 0 saturated carbocycles. The minimum atomic E-state index is -1.63. The predicted molar refractivity (Wildman–Crippen MR) is 114 cm³/mol. The average Bonchev–Trinajstić information content (AvgIpc) is 2.72. The van der Waals surface area contributed by atoms with Gasteiger partial charge in [0.05, 0.1) is 20.3 Å². The van der Waals surface area contributed by atoms with E-state index in [-0.39, 0.29) is 24.6 Å². The number of likely N-dealkylation sites (tertiary alicyclic amines) is 1. The number of Topliss-reactive ketones (excluding diaryl/α,β-unsaturated/α-hetero) is 1. The maximum absolute atomic E-state index is 13.1. The summed E-state index contributed by atoms with van der Waals surface area (Å²) in [5.41, 5.74) is 0.990. The summed E-state index contributed by atoms with van der Waals surface area (Å²) in [4.78, 5) is 52.4. The number of benzene rings is 1. The SMILES string of the molecule is CCOC(=O)C1C(=O)/C(=C/c2ccc(Br)cc2)CN(C(C(=O)OC)C(C)CC)C1=O. The number of methoxy groups -OCH3 is 1. The second kappa shape index (κ2) is 10.5. The third-order valence-electron chi connectivity index (χ3n) is 5.14. The molecule has 1 fully saturated rings. The highest BCUT2D eigenvalue weighted by Gasteiger charge is 2.48. The number of piperidine rings is 1. The number of hydrogen-bond donors (Lipinski definition) is 0. The smallest absolute Gasteiger partial charge is 0.328 e. The van der Waals surface area contributed by atoms with Crippen molar-refractivity contribution in [3.8, 4) is 0 Å². The highest BCUT2D eigenvalue weighted by molar-refractivity contribution is 9.10. The largest absolute Gasteiger partial charge is 0.467 e. The Balaban J connectivity index is 2.54. The van der Waals surface area contributed by atoms with Gasteiger partial charge in [0.1, 0.15) is 6.04 Å². The number of hydrogen-bond acceptors (Lipinski definition) is 6. The van der Waals surface area contributed by atoms with Crippen LogP contribution in [-0.2, 0) is 28.7 Å². The molecule has 1 heterocycles. The lowest BCUT2D eigenvalue weighted by Crippen LogP contribution is -2.58. The summed E-state index contributed by atoms with van der Waals surface area (Å²) in [5.74, 6) is -4.69. The summed E-state index contributed by atoms with van der Waals surface area (Å²) in [5, 5.41) is 0. The molecule has 7 nitrogen and oxygen atoms in total. The molecule has 0 N–H and O–H groups in total. The lowest BCUT2D eigenvalue weighted by atomic mass is 9.86. The van der Waals surface area contributed by atoms with Crippen molar-refractivity contribution in [3.63, 3.8) is 0 Å². The fraction of sp³-hybridized carbons (Fsp3) is 0.455. The minimum Gasteiger partial charge on any atom is -0.467 e. The molecule has 1 aromatic rings. The molecule has 30 heavy (non-hydrogen) atoms. The molecule has 0 radical (unpaired) electrons. The molecular weight excluding hydrogens is 454 g/mol. The molecule has 0 spiro atoms. The number of carbonyl (C=O) groups is 4. The van der Waals surface area contributed by atoms with Crippen LogP contribution in [0.3, 0.4) is 0 Å². The van der Waals surface area contributed by atoms with Gasteiger partial charge in [-0.3, -0.25) is 14.4 Å². The standard InChI is InChI=1S/C22H26BrNO6/c1-5-13(3)18(22(28)29-4)24-12-15(11-14-7-9-16(23)10-8-14)19(25)17(20(24)26)21(27)30-6-2/h7-11,13,17-18H,5-6,12H2,1-4H3/b15-11+. The van der Waals surface area contributed by atoms with E-state index in [1.54, 1.807) is 25.1 Å². The Morgan fingerprint density at radius 1 is 1.23 bits per heavy atom. The highest BCUT2D eigenvalue weighted by atomic mass is 79.9. The number of amides is 1. The summed E-state index contributed by atoms with van der Waals surface area (Å²) in [6.45, 7) is 5.26.